The Kier molecular flexibility index (Phi) is 2.24. The number of halogens is 1. The zero-order chi connectivity index (χ0) is 13.1. The Morgan fingerprint density at radius 3 is 2.32 bits per heavy atom. The number of amides is 2. The van der Waals surface area contributed by atoms with Crippen LogP contribution in [0, 0.1) is 23.7 Å². The largest absolute Gasteiger partial charge is 0.274 e. The molecule has 2 amide bonds. The second-order valence-electron chi connectivity index (χ2n) is 5.33. The minimum Gasteiger partial charge on any atom is -0.274 e. The average Bonchev–Trinajstić information content (AvgIpc) is 3.04. The minimum atomic E-state index is -0.164. The van der Waals surface area contributed by atoms with Crippen LogP contribution in [0.5, 0.6) is 0 Å². The average molecular weight is 319 g/mol. The van der Waals surface area contributed by atoms with Crippen LogP contribution in [0.1, 0.15) is 6.42 Å². The fourth-order valence-electron chi connectivity index (χ4n) is 3.65. The molecule has 5 heteroatoms. The Balaban J connectivity index is 1.77. The van der Waals surface area contributed by atoms with Crippen molar-refractivity contribution in [1.82, 2.24) is 4.98 Å². The first kappa shape index (κ1) is 11.3. The van der Waals surface area contributed by atoms with Crippen LogP contribution in [0.3, 0.4) is 0 Å². The van der Waals surface area contributed by atoms with Gasteiger partial charge in [-0.15, -0.1) is 0 Å². The molecule has 96 valence electrons. The van der Waals surface area contributed by atoms with Gasteiger partial charge in [-0.05, 0) is 46.3 Å². The van der Waals surface area contributed by atoms with Crippen LogP contribution in [0.2, 0.25) is 0 Å². The van der Waals surface area contributed by atoms with Crippen LogP contribution < -0.4 is 4.90 Å². The van der Waals surface area contributed by atoms with E-state index in [0.717, 1.165) is 6.42 Å². The van der Waals surface area contributed by atoms with Gasteiger partial charge in [-0.2, -0.15) is 0 Å². The van der Waals surface area contributed by atoms with Crippen LogP contribution in [0.4, 0.5) is 5.82 Å². The molecule has 2 fully saturated rings. The number of hydrogen-bond acceptors (Lipinski definition) is 3. The Morgan fingerprint density at radius 2 is 1.74 bits per heavy atom. The third-order valence-electron chi connectivity index (χ3n) is 4.40. The highest BCUT2D eigenvalue weighted by atomic mass is 79.9. The molecule has 0 spiro atoms. The molecule has 1 aromatic rings. The van der Waals surface area contributed by atoms with Crippen molar-refractivity contribution in [3.8, 4) is 0 Å². The molecule has 4 nitrogen and oxygen atoms in total. The van der Waals surface area contributed by atoms with Gasteiger partial charge in [-0.25, -0.2) is 9.88 Å². The summed E-state index contributed by atoms with van der Waals surface area (Å²) in [6.07, 6.45) is 5.14. The Morgan fingerprint density at radius 1 is 1.11 bits per heavy atom. The normalized spacial score (nSPS) is 35.3. The smallest absolute Gasteiger partial charge is 0.239 e. The monoisotopic (exact) mass is 318 g/mol. The maximum atomic E-state index is 12.5. The summed E-state index contributed by atoms with van der Waals surface area (Å²) in [4.78, 5) is 30.5. The molecular weight excluding hydrogens is 308 g/mol. The summed E-state index contributed by atoms with van der Waals surface area (Å²) in [7, 11) is 0. The van der Waals surface area contributed by atoms with E-state index < -0.39 is 0 Å². The van der Waals surface area contributed by atoms with Crippen molar-refractivity contribution < 1.29 is 9.59 Å². The summed E-state index contributed by atoms with van der Waals surface area (Å²) in [6, 6.07) is 5.27. The summed E-state index contributed by atoms with van der Waals surface area (Å²) in [5.74, 6) is 0.409. The molecule has 0 N–H and O–H groups in total. The van der Waals surface area contributed by atoms with Gasteiger partial charge in [0.2, 0.25) is 11.8 Å². The summed E-state index contributed by atoms with van der Waals surface area (Å²) >= 11 is 3.27. The number of carbonyl (C=O) groups excluding carboxylic acids is 2. The van der Waals surface area contributed by atoms with Crippen LogP contribution in [-0.2, 0) is 9.59 Å². The molecule has 19 heavy (non-hydrogen) atoms. The van der Waals surface area contributed by atoms with Crippen molar-refractivity contribution in [3.05, 3.63) is 35.0 Å². The molecule has 4 rings (SSSR count). The topological polar surface area (TPSA) is 50.3 Å². The van der Waals surface area contributed by atoms with Gasteiger partial charge in [0.1, 0.15) is 10.4 Å². The van der Waals surface area contributed by atoms with E-state index in [9.17, 15) is 9.59 Å². The van der Waals surface area contributed by atoms with Crippen LogP contribution in [0.25, 0.3) is 0 Å². The van der Waals surface area contributed by atoms with Crippen molar-refractivity contribution in [2.75, 3.05) is 4.90 Å². The van der Waals surface area contributed by atoms with Crippen LogP contribution >= 0.6 is 15.9 Å². The lowest BCUT2D eigenvalue weighted by Gasteiger charge is -2.16. The summed E-state index contributed by atoms with van der Waals surface area (Å²) in [5, 5.41) is 0. The molecule has 3 aliphatic rings. The molecule has 4 unspecified atom stereocenters. The first-order valence-corrected chi connectivity index (χ1v) is 7.15. The van der Waals surface area contributed by atoms with Gasteiger partial charge in [0, 0.05) is 0 Å². The number of allylic oxidation sites excluding steroid dienone is 2. The molecule has 0 aromatic carbocycles. The van der Waals surface area contributed by atoms with Gasteiger partial charge < -0.3 is 0 Å². The maximum absolute atomic E-state index is 12.5. The van der Waals surface area contributed by atoms with E-state index >= 15 is 0 Å². The Labute approximate surface area is 118 Å². The molecule has 2 heterocycles. The molecule has 1 aromatic heterocycles. The number of imide groups is 1. The fraction of sp³-hybridized carbons (Fsp3) is 0.357. The third kappa shape index (κ3) is 1.42. The van der Waals surface area contributed by atoms with Crippen molar-refractivity contribution in [2.24, 2.45) is 23.7 Å². The van der Waals surface area contributed by atoms with E-state index in [4.69, 9.17) is 0 Å². The number of rotatable bonds is 1. The number of hydrogen-bond donors (Lipinski definition) is 0. The standard InChI is InChI=1S/C14H11BrN2O2/c15-9-2-1-3-10(16-9)17-13(18)11-7-4-5-8(6-7)12(11)14(17)19/h1-5,7-8,11-12H,6H2. The fourth-order valence-corrected chi connectivity index (χ4v) is 3.98. The summed E-state index contributed by atoms with van der Waals surface area (Å²) < 4.78 is 0.628. The number of carbonyl (C=O) groups is 2. The number of fused-ring (bicyclic) bond motifs is 5. The molecule has 1 saturated heterocycles. The molecule has 0 radical (unpaired) electrons. The Hall–Kier alpha value is -1.49. The SMILES string of the molecule is O=C1C2C3C=CC(C3)C2C(=O)N1c1cccc(Br)n1. The lowest BCUT2D eigenvalue weighted by molar-refractivity contribution is -0.123. The zero-order valence-electron chi connectivity index (χ0n) is 9.99. The van der Waals surface area contributed by atoms with Crippen molar-refractivity contribution in [1.29, 1.82) is 0 Å². The van der Waals surface area contributed by atoms with E-state index in [1.807, 2.05) is 0 Å². The highest BCUT2D eigenvalue weighted by molar-refractivity contribution is 9.10. The van der Waals surface area contributed by atoms with Gasteiger partial charge in [0.05, 0.1) is 11.8 Å². The molecule has 2 bridgehead atoms. The predicted molar refractivity (Wildman–Crippen MR) is 72.1 cm³/mol. The van der Waals surface area contributed by atoms with E-state index in [2.05, 4.69) is 33.1 Å². The zero-order valence-corrected chi connectivity index (χ0v) is 11.6. The van der Waals surface area contributed by atoms with Gasteiger partial charge >= 0.3 is 0 Å². The molecule has 1 aliphatic heterocycles. The van der Waals surface area contributed by atoms with E-state index in [0.29, 0.717) is 10.4 Å². The predicted octanol–water partition coefficient (Wildman–Crippen LogP) is 2.16. The van der Waals surface area contributed by atoms with Crippen molar-refractivity contribution >= 4 is 33.6 Å². The minimum absolute atomic E-state index is 0.0857. The van der Waals surface area contributed by atoms with Crippen molar-refractivity contribution in [3.63, 3.8) is 0 Å². The quantitative estimate of drug-likeness (QED) is 0.453. The molecule has 1 saturated carbocycles. The molecule has 2 aliphatic carbocycles. The molecular formula is C14H11BrN2O2. The van der Waals surface area contributed by atoms with E-state index in [1.165, 1.54) is 4.90 Å². The highest BCUT2D eigenvalue weighted by Gasteiger charge is 2.59. The Bertz CT molecular complexity index is 598. The third-order valence-corrected chi connectivity index (χ3v) is 4.84. The number of aromatic nitrogens is 1. The second-order valence-corrected chi connectivity index (χ2v) is 6.14. The summed E-state index contributed by atoms with van der Waals surface area (Å²) in [6.45, 7) is 0. The highest BCUT2D eigenvalue weighted by Crippen LogP contribution is 2.53. The lowest BCUT2D eigenvalue weighted by atomic mass is 9.85. The summed E-state index contributed by atoms with van der Waals surface area (Å²) in [5.41, 5.74) is 0. The number of pyridine rings is 1. The van der Waals surface area contributed by atoms with Crippen molar-refractivity contribution in [2.45, 2.75) is 6.42 Å². The second kappa shape index (κ2) is 3.76. The first-order chi connectivity index (χ1) is 9.16. The number of anilines is 1. The van der Waals surface area contributed by atoms with E-state index in [-0.39, 0.29) is 35.5 Å². The van der Waals surface area contributed by atoms with Gasteiger partial charge in [-0.1, -0.05) is 18.2 Å². The first-order valence-electron chi connectivity index (χ1n) is 6.35. The van der Waals surface area contributed by atoms with Gasteiger partial charge in [0.25, 0.3) is 0 Å². The van der Waals surface area contributed by atoms with E-state index in [1.54, 1.807) is 18.2 Å². The number of nitrogens with zero attached hydrogens (tertiary/aromatic N) is 2. The molecule has 4 atom stereocenters. The van der Waals surface area contributed by atoms with Gasteiger partial charge in [0.15, 0.2) is 0 Å². The van der Waals surface area contributed by atoms with Crippen LogP contribution in [-0.4, -0.2) is 16.8 Å². The maximum Gasteiger partial charge on any atom is 0.239 e. The van der Waals surface area contributed by atoms with Crippen LogP contribution in [0.15, 0.2) is 35.0 Å². The lowest BCUT2D eigenvalue weighted by Crippen LogP contribution is -2.33. The van der Waals surface area contributed by atoms with Gasteiger partial charge in [-0.3, -0.25) is 9.59 Å².